The molecule has 1 heterocycles. The molecule has 0 spiro atoms. The second kappa shape index (κ2) is 13.4. The van der Waals surface area contributed by atoms with Gasteiger partial charge in [0.05, 0.1) is 25.0 Å². The van der Waals surface area contributed by atoms with Crippen molar-refractivity contribution in [2.24, 2.45) is 0 Å². The van der Waals surface area contributed by atoms with Crippen molar-refractivity contribution < 1.29 is 14.3 Å². The first kappa shape index (κ1) is 26.1. The van der Waals surface area contributed by atoms with Gasteiger partial charge in [0.15, 0.2) is 0 Å². The molecular weight excluding hydrogens is 444 g/mol. The predicted molar refractivity (Wildman–Crippen MR) is 140 cm³/mol. The van der Waals surface area contributed by atoms with Crippen LogP contribution < -0.4 is 31.1 Å². The molecule has 0 atom stereocenters. The predicted octanol–water partition coefficient (Wildman–Crippen LogP) is 3.53. The molecule has 3 amide bonds. The lowest BCUT2D eigenvalue weighted by Crippen LogP contribution is -2.32. The summed E-state index contributed by atoms with van der Waals surface area (Å²) in [6, 6.07) is 14.2. The third-order valence-electron chi connectivity index (χ3n) is 5.79. The van der Waals surface area contributed by atoms with E-state index in [9.17, 15) is 9.59 Å². The molecule has 0 saturated heterocycles. The Morgan fingerprint density at radius 1 is 1.06 bits per heavy atom. The number of benzene rings is 2. The molecule has 0 saturated carbocycles. The molecule has 9 nitrogen and oxygen atoms in total. The molecule has 2 aromatic rings. The summed E-state index contributed by atoms with van der Waals surface area (Å²) in [6.45, 7) is 8.60. The highest BCUT2D eigenvalue weighted by atomic mass is 16.5. The molecule has 0 unspecified atom stereocenters. The first-order valence-electron chi connectivity index (χ1n) is 12.1. The van der Waals surface area contributed by atoms with E-state index in [0.29, 0.717) is 35.8 Å². The fourth-order valence-electron chi connectivity index (χ4n) is 3.77. The van der Waals surface area contributed by atoms with Crippen LogP contribution in [-0.2, 0) is 0 Å². The van der Waals surface area contributed by atoms with Gasteiger partial charge in [-0.1, -0.05) is 26.0 Å². The highest BCUT2D eigenvalue weighted by Gasteiger charge is 2.17. The van der Waals surface area contributed by atoms with Gasteiger partial charge in [0.1, 0.15) is 5.75 Å². The van der Waals surface area contributed by atoms with Crippen LogP contribution in [0.4, 0.5) is 16.2 Å². The van der Waals surface area contributed by atoms with Crippen LogP contribution in [0.1, 0.15) is 37.0 Å². The van der Waals surface area contributed by atoms with Gasteiger partial charge in [-0.2, -0.15) is 0 Å². The third-order valence-corrected chi connectivity index (χ3v) is 5.79. The lowest BCUT2D eigenvalue weighted by molar-refractivity contribution is 0.0952. The second-order valence-electron chi connectivity index (χ2n) is 8.21. The van der Waals surface area contributed by atoms with Gasteiger partial charge in [-0.15, -0.1) is 0 Å². The Balaban J connectivity index is 1.49. The van der Waals surface area contributed by atoms with E-state index in [4.69, 9.17) is 4.74 Å². The van der Waals surface area contributed by atoms with Gasteiger partial charge >= 0.3 is 6.03 Å². The summed E-state index contributed by atoms with van der Waals surface area (Å²) in [4.78, 5) is 27.3. The van der Waals surface area contributed by atoms with Crippen LogP contribution in [0.3, 0.4) is 0 Å². The Morgan fingerprint density at radius 3 is 2.63 bits per heavy atom. The molecule has 1 aliphatic rings. The molecule has 4 N–H and O–H groups in total. The van der Waals surface area contributed by atoms with Crippen LogP contribution in [0, 0.1) is 0 Å². The monoisotopic (exact) mass is 480 g/mol. The zero-order valence-electron chi connectivity index (χ0n) is 20.8. The fraction of sp³-hybridized carbons (Fsp3) is 0.385. The van der Waals surface area contributed by atoms with Gasteiger partial charge in [-0.25, -0.2) is 10.2 Å². The van der Waals surface area contributed by atoms with Crippen LogP contribution in [0.2, 0.25) is 0 Å². The van der Waals surface area contributed by atoms with Gasteiger partial charge in [0, 0.05) is 30.1 Å². The SMILES string of the molecule is CCN(CC)CCCCNC(=O)c1cccc(N2C=C(NC(=O)Nc3cccc(OC)c3)CN2)c1. The number of ether oxygens (including phenoxy) is 1. The molecular formula is C26H36N6O3. The zero-order valence-corrected chi connectivity index (χ0v) is 20.8. The van der Waals surface area contributed by atoms with E-state index in [2.05, 4.69) is 40.1 Å². The summed E-state index contributed by atoms with van der Waals surface area (Å²) >= 11 is 0. The smallest absolute Gasteiger partial charge is 0.323 e. The molecule has 0 aliphatic carbocycles. The molecule has 35 heavy (non-hydrogen) atoms. The second-order valence-corrected chi connectivity index (χ2v) is 8.21. The summed E-state index contributed by atoms with van der Waals surface area (Å²) in [6.07, 6.45) is 3.81. The number of nitrogens with zero attached hydrogens (tertiary/aromatic N) is 2. The maximum absolute atomic E-state index is 12.6. The first-order valence-corrected chi connectivity index (χ1v) is 12.1. The molecule has 1 aliphatic heterocycles. The number of hydrogen-bond donors (Lipinski definition) is 4. The van der Waals surface area contributed by atoms with Crippen molar-refractivity contribution in [1.82, 2.24) is 21.0 Å². The van der Waals surface area contributed by atoms with Crippen molar-refractivity contribution in [3.8, 4) is 5.75 Å². The highest BCUT2D eigenvalue weighted by molar-refractivity contribution is 5.95. The zero-order chi connectivity index (χ0) is 25.0. The number of carbonyl (C=O) groups excluding carboxylic acids is 2. The standard InChI is InChI=1S/C26H36N6O3/c1-4-31(5-2)15-7-6-14-27-25(33)20-10-8-12-23(16-20)32-19-22(18-28-32)30-26(34)29-21-11-9-13-24(17-21)35-3/h8-13,16-17,19,28H,4-7,14-15,18H2,1-3H3,(H,27,33)(H2,29,30,34). The molecule has 0 aromatic heterocycles. The van der Waals surface area contributed by atoms with Gasteiger partial charge in [0.25, 0.3) is 5.91 Å². The maximum atomic E-state index is 12.6. The summed E-state index contributed by atoms with van der Waals surface area (Å²) < 4.78 is 5.18. The van der Waals surface area contributed by atoms with E-state index in [0.717, 1.165) is 38.2 Å². The largest absolute Gasteiger partial charge is 0.497 e. The van der Waals surface area contributed by atoms with Crippen molar-refractivity contribution in [3.05, 3.63) is 66.0 Å². The van der Waals surface area contributed by atoms with Crippen LogP contribution >= 0.6 is 0 Å². The van der Waals surface area contributed by atoms with Crippen molar-refractivity contribution in [1.29, 1.82) is 0 Å². The van der Waals surface area contributed by atoms with Gasteiger partial charge in [-0.3, -0.25) is 9.80 Å². The summed E-state index contributed by atoms with van der Waals surface area (Å²) in [5, 5.41) is 10.4. The minimum absolute atomic E-state index is 0.0890. The van der Waals surface area contributed by atoms with Crippen LogP contribution in [0.25, 0.3) is 0 Å². The van der Waals surface area contributed by atoms with Gasteiger partial charge < -0.3 is 25.6 Å². The average Bonchev–Trinajstić information content (AvgIpc) is 3.34. The topological polar surface area (TPSA) is 98.0 Å². The molecule has 0 bridgehead atoms. The minimum Gasteiger partial charge on any atom is -0.497 e. The first-order chi connectivity index (χ1) is 17.0. The Hall–Kier alpha value is -3.56. The fourth-order valence-corrected chi connectivity index (χ4v) is 3.77. The highest BCUT2D eigenvalue weighted by Crippen LogP contribution is 2.19. The number of rotatable bonds is 12. The molecule has 2 aromatic carbocycles. The number of methoxy groups -OCH3 is 1. The molecule has 9 heteroatoms. The summed E-state index contributed by atoms with van der Waals surface area (Å²) in [5.74, 6) is 0.577. The number of hydrogen-bond acceptors (Lipinski definition) is 6. The van der Waals surface area contributed by atoms with Crippen LogP contribution in [-0.4, -0.2) is 56.7 Å². The number of hydrazine groups is 1. The molecule has 188 valence electrons. The lowest BCUT2D eigenvalue weighted by atomic mass is 10.2. The van der Waals surface area contributed by atoms with Crippen molar-refractivity contribution in [3.63, 3.8) is 0 Å². The lowest BCUT2D eigenvalue weighted by Gasteiger charge is -2.18. The Kier molecular flexibility index (Phi) is 9.94. The number of amides is 3. The van der Waals surface area contributed by atoms with Gasteiger partial charge in [0.2, 0.25) is 0 Å². The van der Waals surface area contributed by atoms with Gasteiger partial charge in [-0.05, 0) is 62.8 Å². The average molecular weight is 481 g/mol. The summed E-state index contributed by atoms with van der Waals surface area (Å²) in [7, 11) is 1.58. The van der Waals surface area contributed by atoms with E-state index in [-0.39, 0.29) is 11.9 Å². The quantitative estimate of drug-likeness (QED) is 0.347. The number of unbranched alkanes of at least 4 members (excludes halogenated alkanes) is 1. The van der Waals surface area contributed by atoms with E-state index in [1.165, 1.54) is 0 Å². The van der Waals surface area contributed by atoms with Crippen LogP contribution in [0.5, 0.6) is 5.75 Å². The minimum atomic E-state index is -0.345. The number of carbonyl (C=O) groups is 2. The summed E-state index contributed by atoms with van der Waals surface area (Å²) in [5.41, 5.74) is 5.94. The van der Waals surface area contributed by atoms with E-state index >= 15 is 0 Å². The van der Waals surface area contributed by atoms with Crippen molar-refractivity contribution in [2.75, 3.05) is 50.2 Å². The van der Waals surface area contributed by atoms with Crippen LogP contribution in [0.15, 0.2) is 60.4 Å². The third kappa shape index (κ3) is 8.01. The number of urea groups is 1. The Morgan fingerprint density at radius 2 is 1.86 bits per heavy atom. The number of nitrogens with one attached hydrogen (secondary N) is 4. The Bertz CT molecular complexity index is 1020. The molecule has 0 radical (unpaired) electrons. The Labute approximate surface area is 207 Å². The molecule has 3 rings (SSSR count). The van der Waals surface area contributed by atoms with E-state index < -0.39 is 0 Å². The van der Waals surface area contributed by atoms with Crippen molar-refractivity contribution in [2.45, 2.75) is 26.7 Å². The number of anilines is 2. The molecule has 0 fully saturated rings. The van der Waals surface area contributed by atoms with E-state index in [1.54, 1.807) is 36.5 Å². The maximum Gasteiger partial charge on any atom is 0.323 e. The normalized spacial score (nSPS) is 12.9. The van der Waals surface area contributed by atoms with Crippen molar-refractivity contribution >= 4 is 23.3 Å². The van der Waals surface area contributed by atoms with E-state index in [1.807, 2.05) is 30.3 Å².